The molecule has 0 amide bonds. The minimum absolute atomic E-state index is 0.100. The predicted molar refractivity (Wildman–Crippen MR) is 365 cm³/mol. The third kappa shape index (κ3) is 11.9. The summed E-state index contributed by atoms with van der Waals surface area (Å²) in [4.78, 5) is 34.4. The number of aliphatic imine (C=N–C) groups is 2. The van der Waals surface area contributed by atoms with E-state index in [0.717, 1.165) is 138 Å². The van der Waals surface area contributed by atoms with E-state index >= 15 is 0 Å². The van der Waals surface area contributed by atoms with E-state index in [9.17, 15) is 30.0 Å². The van der Waals surface area contributed by atoms with Crippen LogP contribution in [0.4, 0.5) is 0 Å². The molecular formula is C80H86N2O8. The first-order valence-electron chi connectivity index (χ1n) is 31.6. The fourth-order valence-electron chi connectivity index (χ4n) is 12.9. The molecule has 0 saturated heterocycles. The topological polar surface area (TPSA) is 158 Å². The molecule has 90 heavy (non-hydrogen) atoms. The number of rotatable bonds is 10. The molecule has 10 nitrogen and oxygen atoms in total. The molecule has 1 saturated carbocycles. The molecule has 2 heterocycles. The Hall–Kier alpha value is -8.76. The first kappa shape index (κ1) is 62.8. The molecule has 8 aromatic carbocycles. The summed E-state index contributed by atoms with van der Waals surface area (Å²) < 4.78 is 14.6. The standard InChI is InChI=1S/C80H86N2O8/c1-75(2,3)53-35-57(45-21-25-47(26-22-45)73(85)86)69-61(39-53)79(13,14)63-41-55(77(7,8)9)37-59(71(63)89-69)49-29-31-67(83)51(33-49)43-81-65-19-17-18-20-66(65)82-44-52-34-50(30-32-68(52)84)60-38-56(78(10,11)12)42-64-72(60)90-70-58(46-23-27-48(28-24-46)74(87)88)36-54(76(4,5)6)40-62(70)80(64,15)16/h21-44,65-66,83-84H,17-20H2,1-16H3,(H,85,86)(H,87,88)/t65-,66-/m0/s1. The van der Waals surface area contributed by atoms with Gasteiger partial charge in [0.25, 0.3) is 0 Å². The summed E-state index contributed by atoms with van der Waals surface area (Å²) in [5.41, 5.74) is 15.4. The van der Waals surface area contributed by atoms with Crippen LogP contribution in [-0.2, 0) is 32.5 Å². The van der Waals surface area contributed by atoms with E-state index in [1.807, 2.05) is 48.5 Å². The zero-order chi connectivity index (χ0) is 64.9. The second kappa shape index (κ2) is 22.6. The molecule has 10 heteroatoms. The molecule has 1 aliphatic carbocycles. The number of fused-ring (bicyclic) bond motifs is 4. The molecule has 2 aliphatic heterocycles. The Labute approximate surface area is 531 Å². The normalized spacial score (nSPS) is 17.0. The number of phenolic OH excluding ortho intramolecular Hbond substituents is 2. The Morgan fingerprint density at radius 3 is 0.944 bits per heavy atom. The molecule has 0 aromatic heterocycles. The molecule has 0 bridgehead atoms. The van der Waals surface area contributed by atoms with Crippen LogP contribution in [0.2, 0.25) is 0 Å². The number of hydrogen-bond acceptors (Lipinski definition) is 8. The van der Waals surface area contributed by atoms with Gasteiger partial charge in [-0.05, 0) is 152 Å². The van der Waals surface area contributed by atoms with Gasteiger partial charge in [-0.1, -0.05) is 184 Å². The maximum atomic E-state index is 12.0. The first-order chi connectivity index (χ1) is 42.1. The first-order valence-corrected chi connectivity index (χ1v) is 31.6. The second-order valence-corrected chi connectivity index (χ2v) is 30.3. The summed E-state index contributed by atoms with van der Waals surface area (Å²) in [7, 11) is 0. The Morgan fingerprint density at radius 2 is 0.678 bits per heavy atom. The van der Waals surface area contributed by atoms with Gasteiger partial charge in [-0.15, -0.1) is 0 Å². The number of carbonyl (C=O) groups is 2. The summed E-state index contributed by atoms with van der Waals surface area (Å²) in [5, 5.41) is 42.8. The van der Waals surface area contributed by atoms with E-state index in [4.69, 9.17) is 19.5 Å². The monoisotopic (exact) mass is 1200 g/mol. The number of ether oxygens (including phenoxy) is 2. The Balaban J connectivity index is 0.940. The zero-order valence-electron chi connectivity index (χ0n) is 55.2. The van der Waals surface area contributed by atoms with Gasteiger partial charge in [0.15, 0.2) is 0 Å². The van der Waals surface area contributed by atoms with E-state index < -0.39 is 22.8 Å². The quantitative estimate of drug-likeness (QED) is 0.0986. The van der Waals surface area contributed by atoms with Crippen molar-refractivity contribution in [2.75, 3.05) is 0 Å². The van der Waals surface area contributed by atoms with E-state index in [0.29, 0.717) is 11.1 Å². The number of carboxylic acid groups (broad SMARTS) is 2. The average molecular weight is 1200 g/mol. The molecule has 8 aromatic rings. The van der Waals surface area contributed by atoms with Gasteiger partial charge in [0.1, 0.15) is 34.5 Å². The summed E-state index contributed by atoms with van der Waals surface area (Å²) in [6.45, 7) is 35.5. The van der Waals surface area contributed by atoms with Crippen molar-refractivity contribution >= 4 is 24.4 Å². The van der Waals surface area contributed by atoms with Crippen molar-refractivity contribution in [2.45, 2.75) is 181 Å². The largest absolute Gasteiger partial charge is 0.507 e. The second-order valence-electron chi connectivity index (χ2n) is 30.3. The molecule has 2 atom stereocenters. The van der Waals surface area contributed by atoms with Crippen LogP contribution < -0.4 is 9.47 Å². The van der Waals surface area contributed by atoms with Crippen molar-refractivity contribution in [3.8, 4) is 79.0 Å². The van der Waals surface area contributed by atoms with Crippen LogP contribution in [0.1, 0.15) is 213 Å². The number of phenols is 2. The summed E-state index contributed by atoms with van der Waals surface area (Å²) in [5.74, 6) is 1.14. The average Bonchev–Trinajstić information content (AvgIpc) is 0.734. The maximum absolute atomic E-state index is 12.0. The molecule has 4 N–H and O–H groups in total. The number of benzene rings is 8. The predicted octanol–water partition coefficient (Wildman–Crippen LogP) is 20.1. The van der Waals surface area contributed by atoms with Gasteiger partial charge in [0, 0.05) is 78.9 Å². The van der Waals surface area contributed by atoms with Gasteiger partial charge in [-0.25, -0.2) is 9.59 Å². The van der Waals surface area contributed by atoms with Crippen LogP contribution in [0.3, 0.4) is 0 Å². The lowest BCUT2D eigenvalue weighted by Crippen LogP contribution is -2.27. The minimum Gasteiger partial charge on any atom is -0.507 e. The Bertz CT molecular complexity index is 3970. The van der Waals surface area contributed by atoms with Crippen LogP contribution in [0.5, 0.6) is 34.5 Å². The highest BCUT2D eigenvalue weighted by Crippen LogP contribution is 2.58. The maximum Gasteiger partial charge on any atom is 0.335 e. The smallest absolute Gasteiger partial charge is 0.335 e. The third-order valence-electron chi connectivity index (χ3n) is 19.0. The van der Waals surface area contributed by atoms with Crippen LogP contribution >= 0.6 is 0 Å². The molecule has 3 aliphatic rings. The van der Waals surface area contributed by atoms with Crippen LogP contribution in [0.25, 0.3) is 44.5 Å². The lowest BCUT2D eigenvalue weighted by atomic mass is 9.70. The fourth-order valence-corrected chi connectivity index (χ4v) is 12.9. The van der Waals surface area contributed by atoms with Gasteiger partial charge >= 0.3 is 11.9 Å². The van der Waals surface area contributed by atoms with E-state index in [2.05, 4.69) is 159 Å². The van der Waals surface area contributed by atoms with E-state index in [-0.39, 0.29) is 56.4 Å². The van der Waals surface area contributed by atoms with Gasteiger partial charge in [-0.2, -0.15) is 0 Å². The number of aromatic hydroxyl groups is 2. The SMILES string of the molecule is CC(C)(C)c1cc(-c2ccc(C(=O)O)cc2)c2c(c1)C(C)(C)c1cc(C(C)(C)C)cc(-c3ccc(O)c(C=N[C@H]4CCCC[C@@H]4N=Cc4cc(-c5cc(C(C)(C)C)cc6c5Oc5c(-c7ccc(C(=O)O)cc7)cc(C(C)(C)C)cc5C6(C)C)ccc4O)c3)c1O2. The number of aromatic carboxylic acids is 2. The van der Waals surface area contributed by atoms with E-state index in [1.54, 1.807) is 48.8 Å². The molecule has 11 rings (SSSR count). The summed E-state index contributed by atoms with van der Waals surface area (Å²) in [6.07, 6.45) is 7.13. The lowest BCUT2D eigenvalue weighted by molar-refractivity contribution is 0.0686. The van der Waals surface area contributed by atoms with Crippen molar-refractivity contribution in [1.82, 2.24) is 0 Å². The fraction of sp³-hybridized carbons (Fsp3) is 0.350. The zero-order valence-corrected chi connectivity index (χ0v) is 55.2. The highest BCUT2D eigenvalue weighted by molar-refractivity contribution is 5.93. The van der Waals surface area contributed by atoms with Crippen molar-refractivity contribution in [3.05, 3.63) is 200 Å². The van der Waals surface area contributed by atoms with Gasteiger partial charge in [0.05, 0.1) is 23.2 Å². The third-order valence-corrected chi connectivity index (χ3v) is 19.0. The molecule has 0 unspecified atom stereocenters. The van der Waals surface area contributed by atoms with Crippen LogP contribution in [-0.4, -0.2) is 56.9 Å². The molecule has 464 valence electrons. The lowest BCUT2D eigenvalue weighted by Gasteiger charge is -2.39. The van der Waals surface area contributed by atoms with Crippen molar-refractivity contribution < 1.29 is 39.5 Å². The highest BCUT2D eigenvalue weighted by atomic mass is 16.5. The molecule has 0 radical (unpaired) electrons. The van der Waals surface area contributed by atoms with Crippen molar-refractivity contribution in [2.24, 2.45) is 9.98 Å². The Kier molecular flexibility index (Phi) is 15.8. The molecule has 1 fully saturated rings. The van der Waals surface area contributed by atoms with E-state index in [1.165, 1.54) is 0 Å². The summed E-state index contributed by atoms with van der Waals surface area (Å²) in [6, 6.07) is 42.8. The van der Waals surface area contributed by atoms with Gasteiger partial charge < -0.3 is 29.9 Å². The van der Waals surface area contributed by atoms with Crippen molar-refractivity contribution in [1.29, 1.82) is 0 Å². The van der Waals surface area contributed by atoms with Gasteiger partial charge in [-0.3, -0.25) is 9.98 Å². The number of nitrogens with zero attached hydrogens (tertiary/aromatic N) is 2. The van der Waals surface area contributed by atoms with Gasteiger partial charge in [0.2, 0.25) is 0 Å². The molecular weight excluding hydrogens is 1120 g/mol. The number of carboxylic acids is 2. The highest BCUT2D eigenvalue weighted by Gasteiger charge is 2.42. The summed E-state index contributed by atoms with van der Waals surface area (Å²) >= 11 is 0. The van der Waals surface area contributed by atoms with Crippen molar-refractivity contribution in [3.63, 3.8) is 0 Å². The molecule has 0 spiro atoms. The number of hydrogen-bond donors (Lipinski definition) is 4. The van der Waals surface area contributed by atoms with Crippen LogP contribution in [0, 0.1) is 0 Å². The minimum atomic E-state index is -0.982. The van der Waals surface area contributed by atoms with Crippen LogP contribution in [0.15, 0.2) is 143 Å². The Morgan fingerprint density at radius 1 is 0.411 bits per heavy atom.